The van der Waals surface area contributed by atoms with Crippen molar-refractivity contribution in [2.75, 3.05) is 13.3 Å². The van der Waals surface area contributed by atoms with Gasteiger partial charge >= 0.3 is 0 Å². The van der Waals surface area contributed by atoms with Gasteiger partial charge < -0.3 is 9.73 Å². The average molecular weight is 318 g/mol. The second kappa shape index (κ2) is 6.98. The Hall–Kier alpha value is -0.500. The van der Waals surface area contributed by atoms with Gasteiger partial charge in [-0.25, -0.2) is 13.1 Å². The van der Waals surface area contributed by atoms with E-state index >= 15 is 0 Å². The predicted molar refractivity (Wildman–Crippen MR) is 81.4 cm³/mol. The molecule has 1 heterocycles. The van der Waals surface area contributed by atoms with Crippen molar-refractivity contribution >= 4 is 21.8 Å². The summed E-state index contributed by atoms with van der Waals surface area (Å²) in [6.07, 6.45) is 7.06. The van der Waals surface area contributed by atoms with Gasteiger partial charge in [-0.1, -0.05) is 6.42 Å². The van der Waals surface area contributed by atoms with Crippen LogP contribution in [-0.2, 0) is 16.6 Å². The number of furan rings is 1. The van der Waals surface area contributed by atoms with Crippen molar-refractivity contribution in [2.24, 2.45) is 0 Å². The first-order valence-corrected chi connectivity index (χ1v) is 9.60. The van der Waals surface area contributed by atoms with Crippen molar-refractivity contribution in [2.45, 2.75) is 48.6 Å². The molecule has 2 rings (SSSR count). The summed E-state index contributed by atoms with van der Waals surface area (Å²) < 4.78 is 30.8. The van der Waals surface area contributed by atoms with Crippen LogP contribution in [0, 0.1) is 0 Å². The molecule has 0 spiro atoms. The molecule has 1 saturated carbocycles. The Labute approximate surface area is 124 Å². The molecule has 1 aliphatic carbocycles. The third-order valence-corrected chi connectivity index (χ3v) is 6.08. The van der Waals surface area contributed by atoms with E-state index in [0.717, 1.165) is 5.25 Å². The smallest absolute Gasteiger partial charge is 0.273 e. The van der Waals surface area contributed by atoms with Gasteiger partial charge in [0.05, 0.1) is 6.54 Å². The van der Waals surface area contributed by atoms with Crippen LogP contribution in [0.3, 0.4) is 0 Å². The molecular formula is C13H22N2O3S2. The summed E-state index contributed by atoms with van der Waals surface area (Å²) in [4.78, 5) is 0. The number of hydrogen-bond donors (Lipinski definition) is 2. The molecular weight excluding hydrogens is 296 g/mol. The maximum absolute atomic E-state index is 11.6. The largest absolute Gasteiger partial charge is 0.447 e. The summed E-state index contributed by atoms with van der Waals surface area (Å²) in [7, 11) is -2.11. The van der Waals surface area contributed by atoms with Gasteiger partial charge in [0.15, 0.2) is 0 Å². The Morgan fingerprint density at radius 3 is 2.90 bits per heavy atom. The first kappa shape index (κ1) is 15.9. The van der Waals surface area contributed by atoms with Crippen molar-refractivity contribution in [3.05, 3.63) is 17.9 Å². The van der Waals surface area contributed by atoms with Gasteiger partial charge in [-0.05, 0) is 44.7 Å². The Kier molecular flexibility index (Phi) is 5.54. The summed E-state index contributed by atoms with van der Waals surface area (Å²) >= 11 is 1.93. The lowest BCUT2D eigenvalue weighted by Crippen LogP contribution is -2.34. The molecule has 20 heavy (non-hydrogen) atoms. The highest BCUT2D eigenvalue weighted by molar-refractivity contribution is 7.99. The second-order valence-electron chi connectivity index (χ2n) is 5.03. The summed E-state index contributed by atoms with van der Waals surface area (Å²) in [6, 6.07) is 3.70. The van der Waals surface area contributed by atoms with Crippen molar-refractivity contribution in [1.82, 2.24) is 10.0 Å². The molecule has 0 aliphatic heterocycles. The van der Waals surface area contributed by atoms with Crippen LogP contribution in [-0.4, -0.2) is 33.0 Å². The van der Waals surface area contributed by atoms with E-state index in [-0.39, 0.29) is 5.09 Å². The summed E-state index contributed by atoms with van der Waals surface area (Å²) in [5, 5.41) is 4.17. The van der Waals surface area contributed by atoms with Gasteiger partial charge in [0.25, 0.3) is 10.0 Å². The summed E-state index contributed by atoms with van der Waals surface area (Å²) in [6.45, 7) is 0.574. The SMILES string of the molecule is CNS(=O)(=O)c1ccc(CNC2CCCC(SC)C2)o1. The van der Waals surface area contributed by atoms with E-state index in [2.05, 4.69) is 16.3 Å². The topological polar surface area (TPSA) is 71.3 Å². The highest BCUT2D eigenvalue weighted by Crippen LogP contribution is 2.27. The molecule has 5 nitrogen and oxygen atoms in total. The minimum Gasteiger partial charge on any atom is -0.447 e. The average Bonchev–Trinajstić information content (AvgIpc) is 2.95. The minimum atomic E-state index is -3.48. The van der Waals surface area contributed by atoms with E-state index in [0.29, 0.717) is 18.3 Å². The lowest BCUT2D eigenvalue weighted by Gasteiger charge is -2.28. The van der Waals surface area contributed by atoms with Crippen LogP contribution in [0.4, 0.5) is 0 Å². The number of nitrogens with one attached hydrogen (secondary N) is 2. The molecule has 114 valence electrons. The summed E-state index contributed by atoms with van der Waals surface area (Å²) in [5.41, 5.74) is 0. The van der Waals surface area contributed by atoms with Crippen LogP contribution in [0.2, 0.25) is 0 Å². The zero-order valence-electron chi connectivity index (χ0n) is 11.9. The fraction of sp³-hybridized carbons (Fsp3) is 0.692. The molecule has 1 fully saturated rings. The first-order valence-electron chi connectivity index (χ1n) is 6.83. The van der Waals surface area contributed by atoms with Crippen LogP contribution in [0.15, 0.2) is 21.6 Å². The Balaban J connectivity index is 1.88. The molecule has 7 heteroatoms. The zero-order valence-corrected chi connectivity index (χ0v) is 13.5. The third-order valence-electron chi connectivity index (χ3n) is 3.69. The molecule has 2 atom stereocenters. The molecule has 2 N–H and O–H groups in total. The minimum absolute atomic E-state index is 0.0255. The van der Waals surface area contributed by atoms with Gasteiger partial charge in [-0.2, -0.15) is 11.8 Å². The van der Waals surface area contributed by atoms with Gasteiger partial charge in [0.2, 0.25) is 5.09 Å². The molecule has 1 aliphatic rings. The standard InChI is InChI=1S/C13H22N2O3S2/c1-14-20(16,17)13-7-6-11(18-13)9-15-10-4-3-5-12(8-10)19-2/h6-7,10,12,14-15H,3-5,8-9H2,1-2H3. The molecule has 0 radical (unpaired) electrons. The van der Waals surface area contributed by atoms with Crippen LogP contribution < -0.4 is 10.0 Å². The third kappa shape index (κ3) is 4.00. The Morgan fingerprint density at radius 2 is 2.20 bits per heavy atom. The second-order valence-corrected chi connectivity index (χ2v) is 7.99. The fourth-order valence-corrected chi connectivity index (χ4v) is 3.98. The van der Waals surface area contributed by atoms with Crippen LogP contribution in [0.1, 0.15) is 31.4 Å². The highest BCUT2D eigenvalue weighted by Gasteiger charge is 2.21. The first-order chi connectivity index (χ1) is 9.55. The normalized spacial score (nSPS) is 23.9. The van der Waals surface area contributed by atoms with E-state index in [4.69, 9.17) is 4.42 Å². The van der Waals surface area contributed by atoms with Crippen molar-refractivity contribution in [1.29, 1.82) is 0 Å². The number of thioether (sulfide) groups is 1. The van der Waals surface area contributed by atoms with Gasteiger partial charge in [-0.3, -0.25) is 0 Å². The predicted octanol–water partition coefficient (Wildman–Crippen LogP) is 1.95. The maximum atomic E-state index is 11.6. The van der Waals surface area contributed by atoms with Gasteiger partial charge in [0, 0.05) is 11.3 Å². The van der Waals surface area contributed by atoms with Crippen LogP contribution in [0.5, 0.6) is 0 Å². The van der Waals surface area contributed by atoms with E-state index < -0.39 is 10.0 Å². The van der Waals surface area contributed by atoms with Crippen molar-refractivity contribution < 1.29 is 12.8 Å². The molecule has 2 unspecified atom stereocenters. The quantitative estimate of drug-likeness (QED) is 0.839. The Morgan fingerprint density at radius 1 is 1.40 bits per heavy atom. The van der Waals surface area contributed by atoms with E-state index in [9.17, 15) is 8.42 Å². The summed E-state index contributed by atoms with van der Waals surface area (Å²) in [5.74, 6) is 0.658. The molecule has 0 saturated heterocycles. The van der Waals surface area contributed by atoms with Gasteiger partial charge in [-0.15, -0.1) is 0 Å². The molecule has 1 aromatic rings. The van der Waals surface area contributed by atoms with E-state index in [1.54, 1.807) is 6.07 Å². The van der Waals surface area contributed by atoms with Crippen LogP contribution >= 0.6 is 11.8 Å². The number of rotatable bonds is 6. The molecule has 0 aromatic carbocycles. The lowest BCUT2D eigenvalue weighted by atomic mass is 9.95. The molecule has 0 bridgehead atoms. The lowest BCUT2D eigenvalue weighted by molar-refractivity contribution is 0.347. The fourth-order valence-electron chi connectivity index (χ4n) is 2.49. The number of sulfonamides is 1. The van der Waals surface area contributed by atoms with Crippen molar-refractivity contribution in [3.63, 3.8) is 0 Å². The Bertz CT molecular complexity index is 527. The van der Waals surface area contributed by atoms with Gasteiger partial charge in [0.1, 0.15) is 5.76 Å². The molecule has 1 aromatic heterocycles. The number of hydrogen-bond acceptors (Lipinski definition) is 5. The maximum Gasteiger partial charge on any atom is 0.273 e. The van der Waals surface area contributed by atoms with Crippen LogP contribution in [0.25, 0.3) is 0 Å². The molecule has 0 amide bonds. The highest BCUT2D eigenvalue weighted by atomic mass is 32.2. The van der Waals surface area contributed by atoms with Crippen molar-refractivity contribution in [3.8, 4) is 0 Å². The monoisotopic (exact) mass is 318 g/mol. The zero-order chi connectivity index (χ0) is 14.6. The van der Waals surface area contributed by atoms with E-state index in [1.807, 2.05) is 11.8 Å². The van der Waals surface area contributed by atoms with E-state index in [1.165, 1.54) is 38.8 Å².